The number of halogens is 2. The van der Waals surface area contributed by atoms with Gasteiger partial charge in [0.2, 0.25) is 17.7 Å². The maximum atomic E-state index is 13.1. The van der Waals surface area contributed by atoms with Gasteiger partial charge in [-0.15, -0.1) is 0 Å². The van der Waals surface area contributed by atoms with Crippen LogP contribution in [0.15, 0.2) is 24.3 Å². The van der Waals surface area contributed by atoms with Gasteiger partial charge >= 0.3 is 5.97 Å². The number of ether oxygens (including phenoxy) is 1. The van der Waals surface area contributed by atoms with Crippen LogP contribution in [0.4, 0.5) is 5.69 Å². The van der Waals surface area contributed by atoms with Gasteiger partial charge in [-0.05, 0) is 55.4 Å². The van der Waals surface area contributed by atoms with E-state index in [9.17, 15) is 19.2 Å². The van der Waals surface area contributed by atoms with Crippen molar-refractivity contribution in [3.63, 3.8) is 0 Å². The second-order valence-corrected chi connectivity index (χ2v) is 11.4. The first-order chi connectivity index (χ1) is 15.1. The molecule has 0 spiro atoms. The molecule has 4 rings (SSSR count). The summed E-state index contributed by atoms with van der Waals surface area (Å²) < 4.78 is 5.20. The highest BCUT2D eigenvalue weighted by atomic mass is 79.9. The van der Waals surface area contributed by atoms with Crippen molar-refractivity contribution in [2.24, 2.45) is 29.6 Å². The first-order valence-electron chi connectivity index (χ1n) is 10.8. The standard InChI is InChI=1S/C23H26Br2N2O5/c1-10(2)9-32-23(31)12-4-6-13(7-5-12)26-20(28)11(3)27-21(29)16-14-8-15(17(16)22(27)30)19(25)18(14)24/h4-7,10-11,14-19H,8-9H2,1-3H3,(H,26,28)/t11-,14-,15-,16-,17-,18-,19+/m0/s1. The van der Waals surface area contributed by atoms with Crippen LogP contribution in [-0.2, 0) is 19.1 Å². The van der Waals surface area contributed by atoms with Gasteiger partial charge in [0, 0.05) is 15.3 Å². The highest BCUT2D eigenvalue weighted by Crippen LogP contribution is 2.60. The van der Waals surface area contributed by atoms with E-state index >= 15 is 0 Å². The lowest BCUT2D eigenvalue weighted by molar-refractivity contribution is -0.146. The third kappa shape index (κ3) is 3.91. The molecule has 3 amide bonds. The number of carbonyl (C=O) groups is 4. The van der Waals surface area contributed by atoms with Gasteiger partial charge in [0.15, 0.2) is 0 Å². The highest BCUT2D eigenvalue weighted by Gasteiger charge is 2.67. The van der Waals surface area contributed by atoms with Crippen molar-refractivity contribution in [1.82, 2.24) is 4.90 Å². The number of likely N-dealkylation sites (tertiary alicyclic amines) is 1. The van der Waals surface area contributed by atoms with E-state index in [1.165, 1.54) is 0 Å². The number of hydrogen-bond donors (Lipinski definition) is 1. The largest absolute Gasteiger partial charge is 0.462 e. The molecule has 3 fully saturated rings. The van der Waals surface area contributed by atoms with Gasteiger partial charge in [0.25, 0.3) is 0 Å². The molecule has 2 aliphatic carbocycles. The minimum atomic E-state index is -0.918. The van der Waals surface area contributed by atoms with E-state index in [1.807, 2.05) is 13.8 Å². The number of esters is 1. The molecule has 0 aromatic heterocycles. The Morgan fingerprint density at radius 1 is 1.03 bits per heavy atom. The third-order valence-electron chi connectivity index (χ3n) is 6.72. The van der Waals surface area contributed by atoms with Crippen molar-refractivity contribution in [2.75, 3.05) is 11.9 Å². The second kappa shape index (κ2) is 8.89. The number of hydrogen-bond acceptors (Lipinski definition) is 5. The smallest absolute Gasteiger partial charge is 0.338 e. The van der Waals surface area contributed by atoms with Crippen LogP contribution in [0, 0.1) is 29.6 Å². The zero-order valence-electron chi connectivity index (χ0n) is 18.1. The molecule has 2 bridgehead atoms. The van der Waals surface area contributed by atoms with Gasteiger partial charge in [-0.3, -0.25) is 19.3 Å². The van der Waals surface area contributed by atoms with Crippen LogP contribution in [0.2, 0.25) is 0 Å². The zero-order chi connectivity index (χ0) is 23.3. The normalized spacial score (nSPS) is 31.8. The van der Waals surface area contributed by atoms with Crippen molar-refractivity contribution in [1.29, 1.82) is 0 Å². The number of anilines is 1. The number of nitrogens with one attached hydrogen (secondary N) is 1. The van der Waals surface area contributed by atoms with Crippen LogP contribution in [0.3, 0.4) is 0 Å². The minimum Gasteiger partial charge on any atom is -0.462 e. The van der Waals surface area contributed by atoms with E-state index in [1.54, 1.807) is 31.2 Å². The predicted molar refractivity (Wildman–Crippen MR) is 126 cm³/mol. The van der Waals surface area contributed by atoms with E-state index in [0.717, 1.165) is 11.3 Å². The van der Waals surface area contributed by atoms with Gasteiger partial charge < -0.3 is 10.1 Å². The zero-order valence-corrected chi connectivity index (χ0v) is 21.3. The summed E-state index contributed by atoms with van der Waals surface area (Å²) in [7, 11) is 0. The van der Waals surface area contributed by atoms with Gasteiger partial charge in [0.05, 0.1) is 24.0 Å². The maximum Gasteiger partial charge on any atom is 0.338 e. The lowest BCUT2D eigenvalue weighted by Gasteiger charge is -2.28. The molecule has 0 unspecified atom stereocenters. The first kappa shape index (κ1) is 23.4. The van der Waals surface area contributed by atoms with E-state index in [-0.39, 0.29) is 51.1 Å². The van der Waals surface area contributed by atoms with Gasteiger partial charge in [-0.2, -0.15) is 0 Å². The maximum absolute atomic E-state index is 13.1. The molecule has 1 aromatic carbocycles. The summed E-state index contributed by atoms with van der Waals surface area (Å²) in [5, 5.41) is 2.74. The SMILES string of the molecule is CC(C)COC(=O)c1ccc(NC(=O)[C@H](C)N2C(=O)[C@H]3[C@@H]4C[C@H]([C@@H](Br)[C@H]4Br)[C@@H]3C2=O)cc1. The average molecular weight is 570 g/mol. The third-order valence-corrected chi connectivity index (χ3v) is 9.93. The van der Waals surface area contributed by atoms with Gasteiger partial charge in [-0.25, -0.2) is 4.79 Å². The summed E-state index contributed by atoms with van der Waals surface area (Å²) in [4.78, 5) is 52.5. The number of amides is 3. The van der Waals surface area contributed by atoms with E-state index < -0.39 is 17.9 Å². The molecule has 32 heavy (non-hydrogen) atoms. The summed E-state index contributed by atoms with van der Waals surface area (Å²) in [6.07, 6.45) is 0.846. The minimum absolute atomic E-state index is 0.106. The molecule has 1 heterocycles. The van der Waals surface area contributed by atoms with Gasteiger partial charge in [0.1, 0.15) is 6.04 Å². The van der Waals surface area contributed by atoms with Crippen molar-refractivity contribution < 1.29 is 23.9 Å². The van der Waals surface area contributed by atoms with E-state index in [4.69, 9.17) is 4.74 Å². The summed E-state index contributed by atoms with van der Waals surface area (Å²) in [6.45, 7) is 5.82. The summed E-state index contributed by atoms with van der Waals surface area (Å²) in [5.41, 5.74) is 0.862. The summed E-state index contributed by atoms with van der Waals surface area (Å²) in [6, 6.07) is 5.43. The van der Waals surface area contributed by atoms with Gasteiger partial charge in [-0.1, -0.05) is 45.7 Å². The van der Waals surface area contributed by atoms with Crippen LogP contribution < -0.4 is 5.32 Å². The van der Waals surface area contributed by atoms with Crippen molar-refractivity contribution >= 4 is 61.2 Å². The van der Waals surface area contributed by atoms with Crippen molar-refractivity contribution in [2.45, 2.75) is 42.9 Å². The Kier molecular flexibility index (Phi) is 6.51. The fourth-order valence-corrected chi connectivity index (χ4v) is 7.01. The van der Waals surface area contributed by atoms with Crippen molar-refractivity contribution in [3.05, 3.63) is 29.8 Å². The molecule has 1 saturated heterocycles. The lowest BCUT2D eigenvalue weighted by atomic mass is 9.81. The monoisotopic (exact) mass is 568 g/mol. The molecular formula is C23H26Br2N2O5. The number of imide groups is 1. The predicted octanol–water partition coefficient (Wildman–Crippen LogP) is 3.60. The Labute approximate surface area is 203 Å². The molecule has 2 saturated carbocycles. The topological polar surface area (TPSA) is 92.8 Å². The average Bonchev–Trinajstić information content (AvgIpc) is 3.36. The number of carbonyl (C=O) groups excluding carboxylic acids is 4. The fourth-order valence-electron chi connectivity index (χ4n) is 5.13. The molecule has 1 aliphatic heterocycles. The Bertz CT molecular complexity index is 918. The molecule has 7 atom stereocenters. The number of nitrogens with zero attached hydrogens (tertiary/aromatic N) is 1. The molecule has 172 valence electrons. The molecular weight excluding hydrogens is 544 g/mol. The highest BCUT2D eigenvalue weighted by molar-refractivity contribution is 9.12. The van der Waals surface area contributed by atoms with Crippen molar-refractivity contribution in [3.8, 4) is 0 Å². The number of benzene rings is 1. The summed E-state index contributed by atoms with van der Waals surface area (Å²) >= 11 is 7.33. The van der Waals surface area contributed by atoms with Crippen LogP contribution in [-0.4, -0.2) is 50.9 Å². The van der Waals surface area contributed by atoms with Crippen LogP contribution >= 0.6 is 31.9 Å². The molecule has 7 nitrogen and oxygen atoms in total. The quantitative estimate of drug-likeness (QED) is 0.321. The van der Waals surface area contributed by atoms with E-state index in [2.05, 4.69) is 37.2 Å². The number of rotatable bonds is 6. The number of fused-ring (bicyclic) bond motifs is 5. The molecule has 1 N–H and O–H groups in total. The fraction of sp³-hybridized carbons (Fsp3) is 0.565. The van der Waals surface area contributed by atoms with Crippen LogP contribution in [0.25, 0.3) is 0 Å². The second-order valence-electron chi connectivity index (χ2n) is 9.29. The number of alkyl halides is 2. The molecule has 3 aliphatic rings. The Morgan fingerprint density at radius 2 is 1.56 bits per heavy atom. The summed E-state index contributed by atoms with van der Waals surface area (Å²) in [5.74, 6) is -1.61. The lowest BCUT2D eigenvalue weighted by Crippen LogP contribution is -2.46. The van der Waals surface area contributed by atoms with E-state index in [0.29, 0.717) is 17.9 Å². The van der Waals surface area contributed by atoms with Crippen LogP contribution in [0.1, 0.15) is 37.6 Å². The molecule has 1 aromatic rings. The molecule has 0 radical (unpaired) electrons. The first-order valence-corrected chi connectivity index (χ1v) is 12.7. The Balaban J connectivity index is 1.41. The van der Waals surface area contributed by atoms with Crippen LogP contribution in [0.5, 0.6) is 0 Å². The Hall–Kier alpha value is -1.74. The molecule has 9 heteroatoms. The Morgan fingerprint density at radius 3 is 2.06 bits per heavy atom.